The maximum absolute atomic E-state index is 13.9. The fourth-order valence-corrected chi connectivity index (χ4v) is 3.07. The summed E-state index contributed by atoms with van der Waals surface area (Å²) >= 11 is 0. The molecule has 1 atom stereocenters. The molecule has 0 saturated carbocycles. The average molecular weight is 374 g/mol. The van der Waals surface area contributed by atoms with Crippen LogP contribution >= 0.6 is 0 Å². The van der Waals surface area contributed by atoms with Gasteiger partial charge in [-0.25, -0.2) is 14.4 Å². The molecule has 27 heavy (non-hydrogen) atoms. The number of ether oxygens (including phenoxy) is 2. The number of hydrogen-bond acceptors (Lipinski definition) is 6. The lowest BCUT2D eigenvalue weighted by Gasteiger charge is -2.33. The van der Waals surface area contributed by atoms with Crippen LogP contribution in [0.15, 0.2) is 30.6 Å². The zero-order valence-electron chi connectivity index (χ0n) is 15.7. The van der Waals surface area contributed by atoms with Crippen molar-refractivity contribution in [2.75, 3.05) is 39.2 Å². The molecule has 1 aromatic carbocycles. The Morgan fingerprint density at radius 1 is 1.30 bits per heavy atom. The van der Waals surface area contributed by atoms with Gasteiger partial charge in [-0.1, -0.05) is 0 Å². The largest absolute Gasteiger partial charge is 0.494 e. The Balaban J connectivity index is 1.71. The van der Waals surface area contributed by atoms with Crippen LogP contribution in [0.3, 0.4) is 0 Å². The predicted octanol–water partition coefficient (Wildman–Crippen LogP) is 2.37. The Hall–Kier alpha value is -2.90. The van der Waals surface area contributed by atoms with E-state index in [2.05, 4.69) is 9.97 Å². The van der Waals surface area contributed by atoms with Crippen LogP contribution in [0.1, 0.15) is 23.2 Å². The van der Waals surface area contributed by atoms with Crippen molar-refractivity contribution < 1.29 is 18.7 Å². The fraction of sp³-hybridized carbons (Fsp3) is 0.421. The van der Waals surface area contributed by atoms with Gasteiger partial charge in [-0.05, 0) is 31.0 Å². The monoisotopic (exact) mass is 374 g/mol. The first-order valence-electron chi connectivity index (χ1n) is 8.77. The lowest BCUT2D eigenvalue weighted by molar-refractivity contribution is 0.0528. The molecule has 0 bridgehead atoms. The molecule has 3 rings (SSSR count). The summed E-state index contributed by atoms with van der Waals surface area (Å²) in [7, 11) is 5.12. The van der Waals surface area contributed by atoms with Crippen LogP contribution in [-0.2, 0) is 0 Å². The number of likely N-dealkylation sites (tertiary alicyclic amines) is 1. The number of carbonyl (C=O) groups is 1. The zero-order chi connectivity index (χ0) is 19.4. The Labute approximate surface area is 157 Å². The minimum absolute atomic E-state index is 0.116. The van der Waals surface area contributed by atoms with E-state index in [1.54, 1.807) is 23.4 Å². The zero-order valence-corrected chi connectivity index (χ0v) is 15.7. The smallest absolute Gasteiger partial charge is 0.257 e. The number of piperidine rings is 1. The van der Waals surface area contributed by atoms with E-state index in [0.29, 0.717) is 30.4 Å². The molecule has 1 unspecified atom stereocenters. The number of benzene rings is 1. The van der Waals surface area contributed by atoms with Gasteiger partial charge in [0.2, 0.25) is 0 Å². The van der Waals surface area contributed by atoms with Gasteiger partial charge >= 0.3 is 0 Å². The lowest BCUT2D eigenvalue weighted by atomic mass is 10.1. The van der Waals surface area contributed by atoms with E-state index in [4.69, 9.17) is 9.47 Å². The quantitative estimate of drug-likeness (QED) is 0.801. The van der Waals surface area contributed by atoms with Crippen LogP contribution in [0, 0.1) is 5.82 Å². The highest BCUT2D eigenvalue weighted by atomic mass is 19.1. The summed E-state index contributed by atoms with van der Waals surface area (Å²) in [5.41, 5.74) is 0.294. The van der Waals surface area contributed by atoms with Gasteiger partial charge in [-0.2, -0.15) is 0 Å². The molecule has 144 valence electrons. The average Bonchev–Trinajstić information content (AvgIpc) is 2.68. The number of rotatable bonds is 5. The Kier molecular flexibility index (Phi) is 5.73. The number of nitrogens with zero attached hydrogens (tertiary/aromatic N) is 4. The number of halogens is 1. The third-order valence-electron chi connectivity index (χ3n) is 4.41. The van der Waals surface area contributed by atoms with Gasteiger partial charge in [0, 0.05) is 38.6 Å². The van der Waals surface area contributed by atoms with E-state index in [0.717, 1.165) is 12.8 Å². The van der Waals surface area contributed by atoms with Crippen molar-refractivity contribution in [2.45, 2.75) is 18.9 Å². The third-order valence-corrected chi connectivity index (χ3v) is 4.41. The number of anilines is 1. The van der Waals surface area contributed by atoms with Crippen molar-refractivity contribution in [3.05, 3.63) is 42.0 Å². The molecule has 8 heteroatoms. The highest BCUT2D eigenvalue weighted by Crippen LogP contribution is 2.25. The van der Waals surface area contributed by atoms with Gasteiger partial charge in [0.15, 0.2) is 17.4 Å². The van der Waals surface area contributed by atoms with E-state index < -0.39 is 5.82 Å². The summed E-state index contributed by atoms with van der Waals surface area (Å²) in [5, 5.41) is 0. The first kappa shape index (κ1) is 18.9. The van der Waals surface area contributed by atoms with E-state index >= 15 is 0 Å². The first-order chi connectivity index (χ1) is 13.0. The van der Waals surface area contributed by atoms with E-state index in [1.165, 1.54) is 19.2 Å². The Morgan fingerprint density at radius 2 is 2.07 bits per heavy atom. The molecule has 1 aromatic heterocycles. The summed E-state index contributed by atoms with van der Waals surface area (Å²) in [6.45, 7) is 1.02. The highest BCUT2D eigenvalue weighted by molar-refractivity contribution is 5.94. The standard InChI is InChI=1S/C19H23FN4O3/c1-23(2)17-18(22-9-8-21-17)27-14-5-4-10-24(12-14)19(25)13-6-7-16(26-3)15(20)11-13/h6-9,11,14H,4-5,10,12H2,1-3H3. The molecular formula is C19H23FN4O3. The molecule has 2 heterocycles. The number of amides is 1. The number of methoxy groups -OCH3 is 1. The second kappa shape index (κ2) is 8.20. The van der Waals surface area contributed by atoms with Gasteiger partial charge < -0.3 is 19.3 Å². The van der Waals surface area contributed by atoms with Crippen LogP contribution in [0.4, 0.5) is 10.2 Å². The van der Waals surface area contributed by atoms with Gasteiger partial charge in [-0.15, -0.1) is 0 Å². The molecule has 7 nitrogen and oxygen atoms in total. The molecule has 2 aromatic rings. The molecule has 1 fully saturated rings. The molecular weight excluding hydrogens is 351 g/mol. The van der Waals surface area contributed by atoms with Crippen molar-refractivity contribution in [3.63, 3.8) is 0 Å². The summed E-state index contributed by atoms with van der Waals surface area (Å²) in [4.78, 5) is 24.8. The third kappa shape index (κ3) is 4.27. The number of aromatic nitrogens is 2. The molecule has 0 spiro atoms. The normalized spacial score (nSPS) is 16.7. The minimum atomic E-state index is -0.552. The van der Waals surface area contributed by atoms with E-state index in [-0.39, 0.29) is 17.8 Å². The Morgan fingerprint density at radius 3 is 2.78 bits per heavy atom. The fourth-order valence-electron chi connectivity index (χ4n) is 3.07. The number of hydrogen-bond donors (Lipinski definition) is 0. The maximum Gasteiger partial charge on any atom is 0.257 e. The summed E-state index contributed by atoms with van der Waals surface area (Å²) in [5.74, 6) is 0.418. The molecule has 0 radical (unpaired) electrons. The molecule has 0 N–H and O–H groups in total. The van der Waals surface area contributed by atoms with Crippen LogP contribution in [0.5, 0.6) is 11.6 Å². The molecule has 1 amide bonds. The topological polar surface area (TPSA) is 67.8 Å². The molecule has 0 aliphatic carbocycles. The van der Waals surface area contributed by atoms with Gasteiger partial charge in [0.25, 0.3) is 11.8 Å². The molecule has 1 aliphatic heterocycles. The predicted molar refractivity (Wildman–Crippen MR) is 98.9 cm³/mol. The summed E-state index contributed by atoms with van der Waals surface area (Å²) in [6.07, 6.45) is 4.60. The van der Waals surface area contributed by atoms with Crippen LogP contribution in [0.2, 0.25) is 0 Å². The minimum Gasteiger partial charge on any atom is -0.494 e. The number of carbonyl (C=O) groups excluding carboxylic acids is 1. The van der Waals surface area contributed by atoms with Gasteiger partial charge in [0.1, 0.15) is 6.10 Å². The van der Waals surface area contributed by atoms with Gasteiger partial charge in [-0.3, -0.25) is 4.79 Å². The second-order valence-electron chi connectivity index (χ2n) is 6.56. The van der Waals surface area contributed by atoms with E-state index in [1.807, 2.05) is 19.0 Å². The van der Waals surface area contributed by atoms with Gasteiger partial charge in [0.05, 0.1) is 13.7 Å². The highest BCUT2D eigenvalue weighted by Gasteiger charge is 2.27. The van der Waals surface area contributed by atoms with Crippen molar-refractivity contribution in [1.82, 2.24) is 14.9 Å². The first-order valence-corrected chi connectivity index (χ1v) is 8.77. The SMILES string of the molecule is COc1ccc(C(=O)N2CCCC(Oc3nccnc3N(C)C)C2)cc1F. The molecule has 1 aliphatic rings. The lowest BCUT2D eigenvalue weighted by Crippen LogP contribution is -2.44. The maximum atomic E-state index is 13.9. The summed E-state index contributed by atoms with van der Waals surface area (Å²) in [6, 6.07) is 4.24. The van der Waals surface area contributed by atoms with Crippen molar-refractivity contribution in [1.29, 1.82) is 0 Å². The van der Waals surface area contributed by atoms with Crippen LogP contribution in [0.25, 0.3) is 0 Å². The van der Waals surface area contributed by atoms with Crippen LogP contribution < -0.4 is 14.4 Å². The molecule has 1 saturated heterocycles. The van der Waals surface area contributed by atoms with Crippen LogP contribution in [-0.4, -0.2) is 61.2 Å². The van der Waals surface area contributed by atoms with Crippen molar-refractivity contribution >= 4 is 11.7 Å². The second-order valence-corrected chi connectivity index (χ2v) is 6.56. The van der Waals surface area contributed by atoms with Crippen molar-refractivity contribution in [2.24, 2.45) is 0 Å². The van der Waals surface area contributed by atoms with E-state index in [9.17, 15) is 9.18 Å². The van der Waals surface area contributed by atoms with Crippen molar-refractivity contribution in [3.8, 4) is 11.6 Å². The Bertz CT molecular complexity index is 815. The summed E-state index contributed by atoms with van der Waals surface area (Å²) < 4.78 is 24.8.